The van der Waals surface area contributed by atoms with Gasteiger partial charge in [0.2, 0.25) is 0 Å². The van der Waals surface area contributed by atoms with E-state index >= 15 is 0 Å². The van der Waals surface area contributed by atoms with Crippen molar-refractivity contribution in [1.29, 1.82) is 0 Å². The molecule has 0 unspecified atom stereocenters. The molecular weight excluding hydrogens is 288 g/mol. The van der Waals surface area contributed by atoms with Crippen LogP contribution >= 0.6 is 23.8 Å². The lowest BCUT2D eigenvalue weighted by Gasteiger charge is -2.23. The van der Waals surface area contributed by atoms with Gasteiger partial charge in [0, 0.05) is 23.3 Å². The van der Waals surface area contributed by atoms with Gasteiger partial charge >= 0.3 is 0 Å². The summed E-state index contributed by atoms with van der Waals surface area (Å²) in [5, 5.41) is 0.664. The van der Waals surface area contributed by atoms with Crippen molar-refractivity contribution in [3.8, 4) is 0 Å². The minimum atomic E-state index is 0.369. The van der Waals surface area contributed by atoms with Crippen LogP contribution in [-0.2, 0) is 6.42 Å². The Morgan fingerprint density at radius 2 is 1.85 bits per heavy atom. The van der Waals surface area contributed by atoms with Crippen LogP contribution in [0.25, 0.3) is 0 Å². The van der Waals surface area contributed by atoms with Gasteiger partial charge in [-0.05, 0) is 42.3 Å². The van der Waals surface area contributed by atoms with Crippen molar-refractivity contribution in [1.82, 2.24) is 0 Å². The number of nitrogens with two attached hydrogens (primary N) is 1. The smallest absolute Gasteiger partial charge is 0.106 e. The molecule has 2 aromatic carbocycles. The zero-order valence-corrected chi connectivity index (χ0v) is 13.1. The van der Waals surface area contributed by atoms with Crippen LogP contribution in [0, 0.1) is 0 Å². The van der Waals surface area contributed by atoms with Crippen LogP contribution in [0.5, 0.6) is 0 Å². The molecule has 0 saturated heterocycles. The van der Waals surface area contributed by atoms with Gasteiger partial charge in [0.1, 0.15) is 4.99 Å². The van der Waals surface area contributed by atoms with Gasteiger partial charge in [0.25, 0.3) is 0 Å². The SMILES string of the molecule is CCc1ccc(N(C)c2cc(Cl)ccc2C(N)=S)cc1. The van der Waals surface area contributed by atoms with Gasteiger partial charge in [-0.1, -0.05) is 42.9 Å². The van der Waals surface area contributed by atoms with Gasteiger partial charge in [-0.2, -0.15) is 0 Å². The van der Waals surface area contributed by atoms with Gasteiger partial charge in [-0.25, -0.2) is 0 Å². The quantitative estimate of drug-likeness (QED) is 0.854. The zero-order valence-electron chi connectivity index (χ0n) is 11.6. The molecule has 0 aliphatic carbocycles. The van der Waals surface area contributed by atoms with E-state index in [1.54, 1.807) is 6.07 Å². The molecule has 0 amide bonds. The molecule has 0 fully saturated rings. The Hall–Kier alpha value is -1.58. The Labute approximate surface area is 130 Å². The third-order valence-corrected chi connectivity index (χ3v) is 3.77. The van der Waals surface area contributed by atoms with Gasteiger partial charge in [0.05, 0.1) is 5.69 Å². The molecule has 4 heteroatoms. The first-order valence-corrected chi connectivity index (χ1v) is 7.23. The minimum absolute atomic E-state index is 0.369. The first-order chi connectivity index (χ1) is 9.52. The number of aryl methyl sites for hydroxylation is 1. The van der Waals surface area contributed by atoms with Crippen LogP contribution in [-0.4, -0.2) is 12.0 Å². The van der Waals surface area contributed by atoms with Crippen LogP contribution < -0.4 is 10.6 Å². The molecule has 0 aliphatic heterocycles. The Morgan fingerprint density at radius 3 is 2.40 bits per heavy atom. The molecule has 0 aromatic heterocycles. The van der Waals surface area contributed by atoms with Crippen LogP contribution in [0.2, 0.25) is 5.02 Å². The highest BCUT2D eigenvalue weighted by Crippen LogP contribution is 2.30. The van der Waals surface area contributed by atoms with Gasteiger partial charge in [-0.15, -0.1) is 0 Å². The first kappa shape index (κ1) is 14.8. The van der Waals surface area contributed by atoms with Gasteiger partial charge in [0.15, 0.2) is 0 Å². The summed E-state index contributed by atoms with van der Waals surface area (Å²) in [6, 6.07) is 14.0. The number of hydrogen-bond acceptors (Lipinski definition) is 2. The number of anilines is 2. The summed E-state index contributed by atoms with van der Waals surface area (Å²) in [7, 11) is 1.98. The second-order valence-electron chi connectivity index (χ2n) is 4.60. The Kier molecular flexibility index (Phi) is 4.63. The normalized spacial score (nSPS) is 10.3. The number of thiocarbonyl (C=S) groups is 1. The average molecular weight is 305 g/mol. The van der Waals surface area contributed by atoms with E-state index in [-0.39, 0.29) is 0 Å². The molecule has 0 radical (unpaired) electrons. The first-order valence-electron chi connectivity index (χ1n) is 6.45. The van der Waals surface area contributed by atoms with Crippen molar-refractivity contribution < 1.29 is 0 Å². The second-order valence-corrected chi connectivity index (χ2v) is 5.48. The lowest BCUT2D eigenvalue weighted by molar-refractivity contribution is 1.13. The lowest BCUT2D eigenvalue weighted by atomic mass is 10.1. The van der Waals surface area contributed by atoms with E-state index in [9.17, 15) is 0 Å². The van der Waals surface area contributed by atoms with E-state index in [0.717, 1.165) is 23.4 Å². The highest BCUT2D eigenvalue weighted by molar-refractivity contribution is 7.80. The predicted molar refractivity (Wildman–Crippen MR) is 91.2 cm³/mol. The molecule has 2 rings (SSSR count). The van der Waals surface area contributed by atoms with E-state index < -0.39 is 0 Å². The molecule has 2 aromatic rings. The van der Waals surface area contributed by atoms with E-state index in [2.05, 4.69) is 31.2 Å². The predicted octanol–water partition coefficient (Wildman–Crippen LogP) is 4.30. The van der Waals surface area contributed by atoms with Crippen LogP contribution in [0.4, 0.5) is 11.4 Å². The maximum Gasteiger partial charge on any atom is 0.106 e. The zero-order chi connectivity index (χ0) is 14.7. The number of hydrogen-bond donors (Lipinski definition) is 1. The fourth-order valence-corrected chi connectivity index (χ4v) is 2.42. The summed E-state index contributed by atoms with van der Waals surface area (Å²) < 4.78 is 0. The highest BCUT2D eigenvalue weighted by Gasteiger charge is 2.12. The number of rotatable bonds is 4. The van der Waals surface area contributed by atoms with Crippen molar-refractivity contribution in [3.63, 3.8) is 0 Å². The molecule has 20 heavy (non-hydrogen) atoms. The van der Waals surface area contributed by atoms with E-state index in [1.165, 1.54) is 5.56 Å². The highest BCUT2D eigenvalue weighted by atomic mass is 35.5. The van der Waals surface area contributed by atoms with Crippen LogP contribution in [0.1, 0.15) is 18.1 Å². The maximum absolute atomic E-state index is 6.09. The molecule has 2 nitrogen and oxygen atoms in total. The summed E-state index contributed by atoms with van der Waals surface area (Å²) >= 11 is 11.2. The van der Waals surface area contributed by atoms with E-state index in [4.69, 9.17) is 29.6 Å². The number of nitrogens with zero attached hydrogens (tertiary/aromatic N) is 1. The monoisotopic (exact) mass is 304 g/mol. The second kappa shape index (κ2) is 6.25. The van der Waals surface area contributed by atoms with Gasteiger partial charge < -0.3 is 10.6 Å². The topological polar surface area (TPSA) is 29.3 Å². The molecule has 0 heterocycles. The number of benzene rings is 2. The number of halogens is 1. The summed E-state index contributed by atoms with van der Waals surface area (Å²) in [5.74, 6) is 0. The summed E-state index contributed by atoms with van der Waals surface area (Å²) in [5.41, 5.74) is 9.90. The Bertz CT molecular complexity index is 623. The third-order valence-electron chi connectivity index (χ3n) is 3.32. The third kappa shape index (κ3) is 3.11. The van der Waals surface area contributed by atoms with Crippen molar-refractivity contribution in [2.45, 2.75) is 13.3 Å². The lowest BCUT2D eigenvalue weighted by Crippen LogP contribution is -2.17. The van der Waals surface area contributed by atoms with Crippen molar-refractivity contribution >= 4 is 40.2 Å². The molecule has 0 atom stereocenters. The Morgan fingerprint density at radius 1 is 1.20 bits per heavy atom. The molecular formula is C16H17ClN2S. The minimum Gasteiger partial charge on any atom is -0.389 e. The molecule has 0 aliphatic rings. The largest absolute Gasteiger partial charge is 0.389 e. The van der Waals surface area contributed by atoms with E-state index in [1.807, 2.05) is 24.1 Å². The Balaban J connectivity index is 2.43. The summed E-state index contributed by atoms with van der Waals surface area (Å²) in [6.45, 7) is 2.14. The summed E-state index contributed by atoms with van der Waals surface area (Å²) in [6.07, 6.45) is 1.03. The molecule has 0 saturated carbocycles. The standard InChI is InChI=1S/C16H17ClN2S/c1-3-11-4-7-13(8-5-11)19(2)15-10-12(17)6-9-14(15)16(18)20/h4-10H,3H2,1-2H3,(H2,18,20). The van der Waals surface area contributed by atoms with E-state index in [0.29, 0.717) is 10.0 Å². The van der Waals surface area contributed by atoms with Crippen molar-refractivity contribution in [3.05, 3.63) is 58.6 Å². The maximum atomic E-state index is 6.09. The molecule has 104 valence electrons. The average Bonchev–Trinajstić information content (AvgIpc) is 2.46. The molecule has 0 spiro atoms. The fraction of sp³-hybridized carbons (Fsp3) is 0.188. The molecule has 2 N–H and O–H groups in total. The van der Waals surface area contributed by atoms with Gasteiger partial charge in [-0.3, -0.25) is 0 Å². The molecule has 0 bridgehead atoms. The van der Waals surface area contributed by atoms with Crippen molar-refractivity contribution in [2.24, 2.45) is 5.73 Å². The van der Waals surface area contributed by atoms with Crippen LogP contribution in [0.3, 0.4) is 0 Å². The fourth-order valence-electron chi connectivity index (χ4n) is 2.08. The van der Waals surface area contributed by atoms with Crippen molar-refractivity contribution in [2.75, 3.05) is 11.9 Å². The summed E-state index contributed by atoms with van der Waals surface area (Å²) in [4.78, 5) is 2.41. The van der Waals surface area contributed by atoms with Crippen LogP contribution in [0.15, 0.2) is 42.5 Å².